The van der Waals surface area contributed by atoms with Gasteiger partial charge in [0.25, 0.3) is 0 Å². The van der Waals surface area contributed by atoms with Crippen molar-refractivity contribution in [1.82, 2.24) is 25.1 Å². The van der Waals surface area contributed by atoms with Gasteiger partial charge in [0.1, 0.15) is 30.8 Å². The van der Waals surface area contributed by atoms with E-state index in [0.717, 1.165) is 39.9 Å². The molecule has 2 amide bonds. The molecule has 2 aromatic carbocycles. The van der Waals surface area contributed by atoms with Gasteiger partial charge in [-0.15, -0.1) is 0 Å². The molecule has 0 aliphatic carbocycles. The smallest absolute Gasteiger partial charge is 0.407 e. The van der Waals surface area contributed by atoms with Gasteiger partial charge in [-0.1, -0.05) is 45.0 Å². The van der Waals surface area contributed by atoms with Gasteiger partial charge in [0, 0.05) is 46.2 Å². The van der Waals surface area contributed by atoms with E-state index in [2.05, 4.69) is 20.6 Å². The molecule has 3 aromatic heterocycles. The summed E-state index contributed by atoms with van der Waals surface area (Å²) < 4.78 is 27.1. The number of para-hydroxylation sites is 1. The van der Waals surface area contributed by atoms with Crippen LogP contribution in [0, 0.1) is 18.2 Å². The minimum absolute atomic E-state index is 0.0602. The Morgan fingerprint density at radius 3 is 2.49 bits per heavy atom. The number of fused-ring (bicyclic) bond motifs is 1. The zero-order chi connectivity index (χ0) is 35.3. The lowest BCUT2D eigenvalue weighted by atomic mass is 9.89. The average molecular weight is 667 g/mol. The third-order valence-corrected chi connectivity index (χ3v) is 7.54. The van der Waals surface area contributed by atoms with Gasteiger partial charge in [-0.05, 0) is 68.8 Å². The summed E-state index contributed by atoms with van der Waals surface area (Å²) in [7, 11) is 0. The Kier molecular flexibility index (Phi) is 10.4. The number of amides is 2. The number of alkyl carbamates (subject to hydrolysis) is 1. The zero-order valence-corrected chi connectivity index (χ0v) is 28.3. The van der Waals surface area contributed by atoms with E-state index in [1.54, 1.807) is 26.2 Å². The maximum Gasteiger partial charge on any atom is 0.407 e. The number of anilines is 1. The minimum Gasteiger partial charge on any atom is -0.458 e. The second kappa shape index (κ2) is 14.6. The van der Waals surface area contributed by atoms with E-state index in [4.69, 9.17) is 14.6 Å². The molecule has 0 saturated heterocycles. The molecule has 2 N–H and O–H groups in total. The van der Waals surface area contributed by atoms with E-state index in [0.29, 0.717) is 11.4 Å². The number of aryl methyl sites for hydroxylation is 1. The summed E-state index contributed by atoms with van der Waals surface area (Å²) in [5.74, 6) is -2.09. The van der Waals surface area contributed by atoms with E-state index in [1.807, 2.05) is 76.2 Å². The van der Waals surface area contributed by atoms with E-state index >= 15 is 0 Å². The quantitative estimate of drug-likeness (QED) is 0.153. The molecule has 1 unspecified atom stereocenters. The lowest BCUT2D eigenvalue weighted by Gasteiger charge is -2.30. The number of benzene rings is 2. The topological polar surface area (TPSA) is 137 Å². The molecule has 5 rings (SSSR count). The summed E-state index contributed by atoms with van der Waals surface area (Å²) in [4.78, 5) is 47.6. The molecule has 3 heterocycles. The predicted molar refractivity (Wildman–Crippen MR) is 184 cm³/mol. The number of pyridine rings is 2. The van der Waals surface area contributed by atoms with Crippen molar-refractivity contribution in [2.24, 2.45) is 5.41 Å². The van der Waals surface area contributed by atoms with Crippen molar-refractivity contribution in [2.45, 2.75) is 60.2 Å². The van der Waals surface area contributed by atoms with Gasteiger partial charge in [-0.25, -0.2) is 14.0 Å². The number of esters is 1. The lowest BCUT2D eigenvalue weighted by molar-refractivity contribution is -0.116. The van der Waals surface area contributed by atoms with Crippen LogP contribution in [-0.4, -0.2) is 56.5 Å². The standard InChI is InChI=1S/C37H39FN6O5/c1-22(2)40-36(47)49-32(37(4,5)6)21-48-35(46)24-16-25(38)18-26(17-24)42-33(45)20-44-19-29(34(43-44)31-13-9-10-23(3)41-31)27-14-15-39-30-12-8-7-11-28(27)30/h7-19,22,32H,20-21H2,1-6H3,(H,40,47)(H,42,45). The highest BCUT2D eigenvalue weighted by molar-refractivity contribution is 5.98. The molecule has 49 heavy (non-hydrogen) atoms. The molecule has 0 spiro atoms. The molecular formula is C37H39FN6O5. The minimum atomic E-state index is -0.839. The third-order valence-electron chi connectivity index (χ3n) is 7.54. The molecule has 0 bridgehead atoms. The van der Waals surface area contributed by atoms with Crippen LogP contribution < -0.4 is 10.6 Å². The number of hydrogen-bond acceptors (Lipinski definition) is 8. The highest BCUT2D eigenvalue weighted by Gasteiger charge is 2.30. The number of carbonyl (C=O) groups is 3. The normalized spacial score (nSPS) is 12.1. The first-order chi connectivity index (χ1) is 23.3. The Labute approximate surface area is 283 Å². The fourth-order valence-corrected chi connectivity index (χ4v) is 5.12. The summed E-state index contributed by atoms with van der Waals surface area (Å²) in [6.07, 6.45) is 2.08. The van der Waals surface area contributed by atoms with E-state index in [9.17, 15) is 18.8 Å². The van der Waals surface area contributed by atoms with Crippen molar-refractivity contribution in [2.75, 3.05) is 11.9 Å². The molecule has 12 heteroatoms. The first-order valence-corrected chi connectivity index (χ1v) is 15.9. The van der Waals surface area contributed by atoms with Gasteiger partial charge in [0.05, 0.1) is 16.8 Å². The van der Waals surface area contributed by atoms with Gasteiger partial charge in [-0.2, -0.15) is 5.10 Å². The number of rotatable bonds is 10. The number of halogens is 1. The Balaban J connectivity index is 1.34. The maximum absolute atomic E-state index is 14.7. The largest absolute Gasteiger partial charge is 0.458 e. The highest BCUT2D eigenvalue weighted by atomic mass is 19.1. The number of hydrogen-bond donors (Lipinski definition) is 2. The van der Waals surface area contributed by atoms with Crippen molar-refractivity contribution in [1.29, 1.82) is 0 Å². The van der Waals surface area contributed by atoms with E-state index in [-0.39, 0.29) is 30.4 Å². The van der Waals surface area contributed by atoms with Gasteiger partial charge < -0.3 is 20.1 Å². The monoisotopic (exact) mass is 666 g/mol. The van der Waals surface area contributed by atoms with Crippen molar-refractivity contribution in [3.05, 3.63) is 96.2 Å². The van der Waals surface area contributed by atoms with Crippen molar-refractivity contribution in [3.63, 3.8) is 0 Å². The average Bonchev–Trinajstić information content (AvgIpc) is 3.44. The summed E-state index contributed by atoms with van der Waals surface area (Å²) in [6, 6.07) is 18.6. The Bertz CT molecular complexity index is 2000. The van der Waals surface area contributed by atoms with Crippen LogP contribution in [0.25, 0.3) is 33.4 Å². The summed E-state index contributed by atoms with van der Waals surface area (Å²) in [5.41, 5.74) is 3.88. The van der Waals surface area contributed by atoms with Crippen LogP contribution in [-0.2, 0) is 20.8 Å². The molecule has 0 saturated carbocycles. The fraction of sp³-hybridized carbons (Fsp3) is 0.297. The molecule has 254 valence electrons. The van der Waals surface area contributed by atoms with E-state index in [1.165, 1.54) is 10.7 Å². The second-order valence-electron chi connectivity index (χ2n) is 13.1. The summed E-state index contributed by atoms with van der Waals surface area (Å²) in [6.45, 7) is 10.5. The molecule has 11 nitrogen and oxygen atoms in total. The first kappa shape index (κ1) is 34.7. The number of nitrogens with zero attached hydrogens (tertiary/aromatic N) is 4. The molecule has 0 fully saturated rings. The van der Waals surface area contributed by atoms with Crippen LogP contribution in [0.5, 0.6) is 0 Å². The van der Waals surface area contributed by atoms with Crippen LogP contribution in [0.15, 0.2) is 79.1 Å². The highest BCUT2D eigenvalue weighted by Crippen LogP contribution is 2.34. The maximum atomic E-state index is 14.7. The SMILES string of the molecule is Cc1cccc(-c2nn(CC(=O)Nc3cc(F)cc(C(=O)OCC(OC(=O)NC(C)C)C(C)(C)C)c3)cc2-c2ccnc3ccccc23)n1. The Morgan fingerprint density at radius 2 is 1.76 bits per heavy atom. The summed E-state index contributed by atoms with van der Waals surface area (Å²) in [5, 5.41) is 10.9. The Hall–Kier alpha value is -5.65. The van der Waals surface area contributed by atoms with Crippen molar-refractivity contribution < 1.29 is 28.2 Å². The second-order valence-corrected chi connectivity index (χ2v) is 13.1. The summed E-state index contributed by atoms with van der Waals surface area (Å²) >= 11 is 0. The lowest BCUT2D eigenvalue weighted by Crippen LogP contribution is -2.41. The van der Waals surface area contributed by atoms with Crippen LogP contribution in [0.4, 0.5) is 14.9 Å². The molecule has 0 aliphatic heterocycles. The van der Waals surface area contributed by atoms with Gasteiger partial charge in [0.15, 0.2) is 0 Å². The van der Waals surface area contributed by atoms with Crippen LogP contribution in [0.1, 0.15) is 50.7 Å². The number of ether oxygens (including phenoxy) is 2. The molecule has 1 atom stereocenters. The van der Waals surface area contributed by atoms with Crippen molar-refractivity contribution >= 4 is 34.6 Å². The number of carbonyl (C=O) groups excluding carboxylic acids is 3. The first-order valence-electron chi connectivity index (χ1n) is 15.9. The van der Waals surface area contributed by atoms with Crippen molar-refractivity contribution in [3.8, 4) is 22.5 Å². The van der Waals surface area contributed by atoms with Gasteiger partial charge in [-0.3, -0.25) is 19.4 Å². The van der Waals surface area contributed by atoms with E-state index < -0.39 is 35.3 Å². The number of nitrogens with one attached hydrogen (secondary N) is 2. The Morgan fingerprint density at radius 1 is 0.980 bits per heavy atom. The van der Waals surface area contributed by atoms with Gasteiger partial charge >= 0.3 is 12.1 Å². The molecular weight excluding hydrogens is 627 g/mol. The predicted octanol–water partition coefficient (Wildman–Crippen LogP) is 6.95. The van der Waals surface area contributed by atoms with Crippen LogP contribution in [0.2, 0.25) is 0 Å². The molecule has 5 aromatic rings. The van der Waals surface area contributed by atoms with Gasteiger partial charge in [0.2, 0.25) is 5.91 Å². The zero-order valence-electron chi connectivity index (χ0n) is 28.3. The fourth-order valence-electron chi connectivity index (χ4n) is 5.12. The molecule has 0 aliphatic rings. The third kappa shape index (κ3) is 8.83. The van der Waals surface area contributed by atoms with Crippen LogP contribution in [0.3, 0.4) is 0 Å². The number of aromatic nitrogens is 4. The van der Waals surface area contributed by atoms with Crippen LogP contribution >= 0.6 is 0 Å². The molecule has 0 radical (unpaired) electrons.